The van der Waals surface area contributed by atoms with E-state index >= 15 is 0 Å². The number of carbonyl (C=O) groups excluding carboxylic acids is 2. The Kier molecular flexibility index (Phi) is 43.3. The number of hydrogen-bond donors (Lipinski definition) is 3. The van der Waals surface area contributed by atoms with Gasteiger partial charge in [0.2, 0.25) is 5.91 Å². The van der Waals surface area contributed by atoms with Crippen molar-refractivity contribution in [3.05, 3.63) is 72.9 Å². The van der Waals surface area contributed by atoms with Crippen LogP contribution in [0.4, 0.5) is 0 Å². The lowest BCUT2D eigenvalue weighted by Crippen LogP contribution is -2.46. The molecule has 0 aromatic heterocycles. The first kappa shape index (κ1) is 55.3. The lowest BCUT2D eigenvalue weighted by Gasteiger charge is -2.23. The van der Waals surface area contributed by atoms with Crippen molar-refractivity contribution >= 4 is 11.9 Å². The molecular weight excluding hydrogens is 719 g/mol. The van der Waals surface area contributed by atoms with Crippen LogP contribution >= 0.6 is 0 Å². The van der Waals surface area contributed by atoms with Crippen molar-refractivity contribution in [2.24, 2.45) is 0 Å². The molecule has 3 N–H and O–H groups in total. The fourth-order valence-corrected chi connectivity index (χ4v) is 6.90. The molecule has 3 unspecified atom stereocenters. The highest BCUT2D eigenvalue weighted by Gasteiger charge is 2.23. The largest absolute Gasteiger partial charge is 0.458 e. The fourth-order valence-electron chi connectivity index (χ4n) is 6.90. The maximum absolute atomic E-state index is 13.1. The highest BCUT2D eigenvalue weighted by molar-refractivity contribution is 5.78. The van der Waals surface area contributed by atoms with Crippen LogP contribution in [0, 0.1) is 0 Å². The second-order valence-corrected chi connectivity index (χ2v) is 16.1. The molecule has 0 aromatic rings. The lowest BCUT2D eigenvalue weighted by atomic mass is 10.0. The van der Waals surface area contributed by atoms with Crippen LogP contribution in [-0.4, -0.2) is 46.9 Å². The SMILES string of the molecule is CC/C=C\C/C=C\C/C=C\C/C=C\C/C=C\C/C=C\C(CC(=O)NC(CO)C(O)CCCCCCCCCCCCCCC)OC(=O)CCCCCCCCCCC. The van der Waals surface area contributed by atoms with E-state index in [1.165, 1.54) is 103 Å². The van der Waals surface area contributed by atoms with E-state index in [1.54, 1.807) is 6.08 Å². The molecule has 0 saturated carbocycles. The quantitative estimate of drug-likeness (QED) is 0.0324. The Balaban J connectivity index is 4.75. The van der Waals surface area contributed by atoms with Crippen molar-refractivity contribution < 1.29 is 24.5 Å². The monoisotopic (exact) mass is 810 g/mol. The Bertz CT molecular complexity index is 1090. The van der Waals surface area contributed by atoms with E-state index < -0.39 is 18.2 Å². The zero-order valence-corrected chi connectivity index (χ0v) is 37.9. The number of unbranched alkanes of at least 4 members (excludes halogenated alkanes) is 20. The Morgan fingerprint density at radius 2 is 0.897 bits per heavy atom. The minimum absolute atomic E-state index is 0.0480. The molecule has 0 aromatic carbocycles. The van der Waals surface area contributed by atoms with Crippen molar-refractivity contribution in [3.63, 3.8) is 0 Å². The highest BCUT2D eigenvalue weighted by atomic mass is 16.5. The average Bonchev–Trinajstić information content (AvgIpc) is 3.22. The van der Waals surface area contributed by atoms with E-state index in [-0.39, 0.29) is 24.9 Å². The number of aliphatic hydroxyl groups excluding tert-OH is 2. The molecule has 0 heterocycles. The van der Waals surface area contributed by atoms with E-state index in [2.05, 4.69) is 86.8 Å². The zero-order valence-electron chi connectivity index (χ0n) is 37.9. The number of amides is 1. The van der Waals surface area contributed by atoms with Gasteiger partial charge in [-0.3, -0.25) is 9.59 Å². The van der Waals surface area contributed by atoms with Gasteiger partial charge in [0.15, 0.2) is 0 Å². The second-order valence-electron chi connectivity index (χ2n) is 16.1. The summed E-state index contributed by atoms with van der Waals surface area (Å²) in [6.45, 7) is 6.30. The molecule has 1 amide bonds. The Morgan fingerprint density at radius 1 is 0.517 bits per heavy atom. The van der Waals surface area contributed by atoms with Crippen LogP contribution in [0.15, 0.2) is 72.9 Å². The molecule has 0 spiro atoms. The van der Waals surface area contributed by atoms with E-state index in [4.69, 9.17) is 4.74 Å². The van der Waals surface area contributed by atoms with Crippen LogP contribution in [0.5, 0.6) is 0 Å². The first-order valence-electron chi connectivity index (χ1n) is 24.2. The van der Waals surface area contributed by atoms with Gasteiger partial charge in [0.05, 0.1) is 25.2 Å². The number of ether oxygens (including phenoxy) is 1. The molecule has 0 saturated heterocycles. The van der Waals surface area contributed by atoms with Gasteiger partial charge in [-0.15, -0.1) is 0 Å². The minimum atomic E-state index is -0.819. The van der Waals surface area contributed by atoms with Gasteiger partial charge in [-0.25, -0.2) is 0 Å². The third-order valence-corrected chi connectivity index (χ3v) is 10.5. The summed E-state index contributed by atoms with van der Waals surface area (Å²) in [5.74, 6) is -0.634. The highest BCUT2D eigenvalue weighted by Crippen LogP contribution is 2.16. The zero-order chi connectivity index (χ0) is 42.4. The summed E-state index contributed by atoms with van der Waals surface area (Å²) >= 11 is 0. The number of esters is 1. The third-order valence-electron chi connectivity index (χ3n) is 10.5. The van der Waals surface area contributed by atoms with Gasteiger partial charge in [0, 0.05) is 6.42 Å². The Morgan fingerprint density at radius 3 is 1.31 bits per heavy atom. The van der Waals surface area contributed by atoms with Crippen LogP contribution < -0.4 is 5.32 Å². The molecule has 0 aliphatic heterocycles. The van der Waals surface area contributed by atoms with Crippen LogP contribution in [0.2, 0.25) is 0 Å². The smallest absolute Gasteiger partial charge is 0.306 e. The average molecular weight is 810 g/mol. The van der Waals surface area contributed by atoms with Crippen molar-refractivity contribution in [2.45, 2.75) is 238 Å². The number of allylic oxidation sites excluding steroid dienone is 11. The van der Waals surface area contributed by atoms with Gasteiger partial charge >= 0.3 is 5.97 Å². The van der Waals surface area contributed by atoms with E-state index in [0.29, 0.717) is 19.3 Å². The van der Waals surface area contributed by atoms with Gasteiger partial charge in [-0.1, -0.05) is 222 Å². The molecule has 0 bridgehead atoms. The first-order valence-corrected chi connectivity index (χ1v) is 24.2. The van der Waals surface area contributed by atoms with E-state index in [9.17, 15) is 19.8 Å². The van der Waals surface area contributed by atoms with Gasteiger partial charge in [-0.2, -0.15) is 0 Å². The molecule has 6 heteroatoms. The molecular formula is C52H91NO5. The van der Waals surface area contributed by atoms with Crippen LogP contribution in [0.25, 0.3) is 0 Å². The first-order chi connectivity index (χ1) is 28.5. The summed E-state index contributed by atoms with van der Waals surface area (Å²) in [6.07, 6.45) is 57.1. The number of carbonyl (C=O) groups is 2. The number of nitrogens with one attached hydrogen (secondary N) is 1. The van der Waals surface area contributed by atoms with Gasteiger partial charge < -0.3 is 20.3 Å². The normalized spacial score (nSPS) is 13.9. The topological polar surface area (TPSA) is 95.9 Å². The lowest BCUT2D eigenvalue weighted by molar-refractivity contribution is -0.148. The fraction of sp³-hybridized carbons (Fsp3) is 0.731. The summed E-state index contributed by atoms with van der Waals surface area (Å²) in [6, 6.07) is -0.742. The maximum atomic E-state index is 13.1. The Hall–Kier alpha value is -2.70. The maximum Gasteiger partial charge on any atom is 0.306 e. The number of rotatable bonds is 42. The van der Waals surface area contributed by atoms with Crippen LogP contribution in [0.1, 0.15) is 220 Å². The minimum Gasteiger partial charge on any atom is -0.458 e. The van der Waals surface area contributed by atoms with Gasteiger partial charge in [0.25, 0.3) is 0 Å². The summed E-state index contributed by atoms with van der Waals surface area (Å²) in [5, 5.41) is 23.6. The molecule has 58 heavy (non-hydrogen) atoms. The molecule has 0 fully saturated rings. The van der Waals surface area contributed by atoms with E-state index in [1.807, 2.05) is 6.08 Å². The van der Waals surface area contributed by atoms with Crippen molar-refractivity contribution in [1.82, 2.24) is 5.32 Å². The molecule has 334 valence electrons. The van der Waals surface area contributed by atoms with Crippen LogP contribution in [-0.2, 0) is 14.3 Å². The van der Waals surface area contributed by atoms with Crippen molar-refractivity contribution in [2.75, 3.05) is 6.61 Å². The molecule has 0 radical (unpaired) electrons. The second kappa shape index (κ2) is 45.4. The summed E-state index contributed by atoms with van der Waals surface area (Å²) in [4.78, 5) is 25.9. The summed E-state index contributed by atoms with van der Waals surface area (Å²) < 4.78 is 5.79. The van der Waals surface area contributed by atoms with Crippen LogP contribution in [0.3, 0.4) is 0 Å². The van der Waals surface area contributed by atoms with E-state index in [0.717, 1.165) is 70.6 Å². The van der Waals surface area contributed by atoms with Crippen molar-refractivity contribution in [3.8, 4) is 0 Å². The predicted molar refractivity (Wildman–Crippen MR) is 250 cm³/mol. The Labute approximate surface area is 358 Å². The molecule has 0 aliphatic carbocycles. The molecule has 6 nitrogen and oxygen atoms in total. The number of aliphatic hydroxyl groups is 2. The predicted octanol–water partition coefficient (Wildman–Crippen LogP) is 14.2. The molecule has 0 aliphatic rings. The van der Waals surface area contributed by atoms with Gasteiger partial charge in [-0.05, 0) is 57.4 Å². The molecule has 0 rings (SSSR count). The number of hydrogen-bond acceptors (Lipinski definition) is 5. The molecule has 3 atom stereocenters. The van der Waals surface area contributed by atoms with Crippen molar-refractivity contribution in [1.29, 1.82) is 0 Å². The van der Waals surface area contributed by atoms with Gasteiger partial charge in [0.1, 0.15) is 6.10 Å². The summed E-state index contributed by atoms with van der Waals surface area (Å²) in [7, 11) is 0. The standard InChI is InChI=1S/C52H91NO5/c1-4-7-10-13-16-19-21-23-24-25-26-28-29-32-34-37-40-43-48(58-52(57)45-42-39-36-31-18-15-12-9-6-3)46-51(56)53-49(47-54)50(55)44-41-38-35-33-30-27-22-20-17-14-11-8-5-2/h7,10,16,19,23-24,26,28,32,34,40,43,48-50,54-55H,4-6,8-9,11-15,17-18,20-22,25,27,29-31,33,35-39,41-42,44-47H2,1-3H3,(H,53,56)/b10-7-,19-16-,24-23-,28-26-,34-32-,43-40-. The third kappa shape index (κ3) is 40.1. The summed E-state index contributed by atoms with van der Waals surface area (Å²) in [5.41, 5.74) is 0.